The number of anilines is 1. The minimum atomic E-state index is -4.05. The molecule has 3 aromatic rings. The third-order valence-corrected chi connectivity index (χ3v) is 5.56. The normalized spacial score (nSPS) is 11.3. The Hall–Kier alpha value is -2.95. The Labute approximate surface area is 171 Å². The topological polar surface area (TPSA) is 105 Å². The first-order valence-corrected chi connectivity index (χ1v) is 10.1. The molecule has 29 heavy (non-hydrogen) atoms. The third kappa shape index (κ3) is 4.56. The van der Waals surface area contributed by atoms with E-state index < -0.39 is 27.3 Å². The molecule has 3 rings (SSSR count). The number of hydrogen-bond donors (Lipinski definition) is 3. The minimum Gasteiger partial charge on any atom is -0.388 e. The smallest absolute Gasteiger partial charge is 0.269 e. The first-order chi connectivity index (χ1) is 13.7. The van der Waals surface area contributed by atoms with Gasteiger partial charge in [0.15, 0.2) is 5.82 Å². The molecule has 0 bridgehead atoms. The van der Waals surface area contributed by atoms with E-state index in [4.69, 9.17) is 11.6 Å². The molecule has 1 heterocycles. The molecule has 3 N–H and O–H groups in total. The van der Waals surface area contributed by atoms with Crippen molar-refractivity contribution in [3.05, 3.63) is 65.3 Å². The number of imidazole rings is 1. The van der Waals surface area contributed by atoms with Crippen LogP contribution in [0.4, 0.5) is 10.1 Å². The second kappa shape index (κ2) is 8.19. The minimum absolute atomic E-state index is 0.0717. The number of carbonyl (C=O) groups is 1. The van der Waals surface area contributed by atoms with Crippen molar-refractivity contribution in [3.8, 4) is 11.3 Å². The zero-order valence-corrected chi connectivity index (χ0v) is 17.0. The van der Waals surface area contributed by atoms with Crippen molar-refractivity contribution in [2.75, 3.05) is 12.4 Å². The van der Waals surface area contributed by atoms with Crippen LogP contribution >= 0.6 is 11.6 Å². The van der Waals surface area contributed by atoms with E-state index in [2.05, 4.69) is 10.3 Å². The molecule has 0 saturated heterocycles. The summed E-state index contributed by atoms with van der Waals surface area (Å²) in [7, 11) is -0.599. The summed E-state index contributed by atoms with van der Waals surface area (Å²) >= 11 is 5.90. The van der Waals surface area contributed by atoms with Crippen molar-refractivity contribution < 1.29 is 17.6 Å². The molecule has 2 aromatic carbocycles. The van der Waals surface area contributed by atoms with E-state index in [1.165, 1.54) is 24.3 Å². The Morgan fingerprint density at radius 1 is 1.21 bits per heavy atom. The van der Waals surface area contributed by atoms with Crippen molar-refractivity contribution in [1.82, 2.24) is 19.8 Å². The van der Waals surface area contributed by atoms with Crippen molar-refractivity contribution in [1.29, 1.82) is 0 Å². The van der Waals surface area contributed by atoms with Gasteiger partial charge in [-0.3, -0.25) is 10.2 Å². The lowest BCUT2D eigenvalue weighted by molar-refractivity contribution is 0.0941. The van der Waals surface area contributed by atoms with Gasteiger partial charge in [0, 0.05) is 31.5 Å². The maximum atomic E-state index is 14.4. The highest BCUT2D eigenvalue weighted by Crippen LogP contribution is 2.27. The van der Waals surface area contributed by atoms with Crippen LogP contribution in [0, 0.1) is 5.82 Å². The quantitative estimate of drug-likeness (QED) is 0.514. The number of amides is 1. The van der Waals surface area contributed by atoms with Gasteiger partial charge >= 0.3 is 0 Å². The van der Waals surface area contributed by atoms with E-state index >= 15 is 0 Å². The van der Waals surface area contributed by atoms with Crippen LogP contribution in [0.5, 0.6) is 0 Å². The highest BCUT2D eigenvalue weighted by Gasteiger charge is 2.20. The highest BCUT2D eigenvalue weighted by atomic mass is 35.5. The van der Waals surface area contributed by atoms with E-state index in [9.17, 15) is 17.6 Å². The SMILES string of the molecule is CNc1ccc(S(=O)(=O)NNC(=O)c2cc(-c3cn(C)cn3)cc(Cl)c2F)cc1. The molecule has 0 unspecified atom stereocenters. The van der Waals surface area contributed by atoms with E-state index in [-0.39, 0.29) is 9.92 Å². The number of nitrogens with one attached hydrogen (secondary N) is 3. The first kappa shape index (κ1) is 20.8. The van der Waals surface area contributed by atoms with Crippen LogP contribution in [0.15, 0.2) is 53.8 Å². The number of aromatic nitrogens is 2. The summed E-state index contributed by atoms with van der Waals surface area (Å²) in [5.41, 5.74) is 3.19. The second-order valence-corrected chi connectivity index (χ2v) is 8.17. The van der Waals surface area contributed by atoms with Gasteiger partial charge in [-0.25, -0.2) is 17.8 Å². The summed E-state index contributed by atoms with van der Waals surface area (Å²) in [6, 6.07) is 8.43. The molecule has 0 radical (unpaired) electrons. The summed E-state index contributed by atoms with van der Waals surface area (Å²) in [6.07, 6.45) is 3.21. The second-order valence-electron chi connectivity index (χ2n) is 6.08. The molecular formula is C18H17ClFN5O3S. The molecule has 0 spiro atoms. The summed E-state index contributed by atoms with van der Waals surface area (Å²) in [4.78, 5) is 18.4. The van der Waals surface area contributed by atoms with Crippen molar-refractivity contribution in [2.24, 2.45) is 7.05 Å². The Morgan fingerprint density at radius 3 is 2.48 bits per heavy atom. The molecule has 0 atom stereocenters. The van der Waals surface area contributed by atoms with Crippen LogP contribution in [0.2, 0.25) is 5.02 Å². The maximum absolute atomic E-state index is 14.4. The largest absolute Gasteiger partial charge is 0.388 e. The molecule has 1 aromatic heterocycles. The fourth-order valence-corrected chi connectivity index (χ4v) is 3.56. The van der Waals surface area contributed by atoms with E-state index in [1.807, 2.05) is 10.3 Å². The van der Waals surface area contributed by atoms with Crippen LogP contribution in [-0.4, -0.2) is 30.9 Å². The molecule has 0 saturated carbocycles. The monoisotopic (exact) mass is 437 g/mol. The standard InChI is InChI=1S/C18H17ClFN5O3S/c1-21-12-3-5-13(6-4-12)29(27,28)24-23-18(26)14-7-11(8-15(19)17(14)20)16-9-25(2)10-22-16/h3-10,21,24H,1-2H3,(H,23,26). The Kier molecular flexibility index (Phi) is 5.87. The van der Waals surface area contributed by atoms with Gasteiger partial charge < -0.3 is 9.88 Å². The van der Waals surface area contributed by atoms with Crippen LogP contribution in [0.1, 0.15) is 10.4 Å². The predicted molar refractivity (Wildman–Crippen MR) is 107 cm³/mol. The molecule has 0 aliphatic heterocycles. The highest BCUT2D eigenvalue weighted by molar-refractivity contribution is 7.89. The van der Waals surface area contributed by atoms with Gasteiger partial charge in [0.05, 0.1) is 27.5 Å². The Morgan fingerprint density at radius 2 is 1.90 bits per heavy atom. The fourth-order valence-electron chi connectivity index (χ4n) is 2.50. The predicted octanol–water partition coefficient (Wildman–Crippen LogP) is 2.54. The van der Waals surface area contributed by atoms with E-state index in [0.717, 1.165) is 5.69 Å². The van der Waals surface area contributed by atoms with Crippen molar-refractivity contribution >= 4 is 33.2 Å². The van der Waals surface area contributed by atoms with Crippen LogP contribution in [0.3, 0.4) is 0 Å². The number of halogens is 2. The molecule has 0 fully saturated rings. The average Bonchev–Trinajstić information content (AvgIpc) is 3.14. The molecular weight excluding hydrogens is 421 g/mol. The third-order valence-electron chi connectivity index (χ3n) is 4.03. The number of nitrogens with zero attached hydrogens (tertiary/aromatic N) is 2. The number of benzene rings is 2. The lowest BCUT2D eigenvalue weighted by Gasteiger charge is -2.11. The molecule has 8 nitrogen and oxygen atoms in total. The van der Waals surface area contributed by atoms with Gasteiger partial charge in [-0.2, -0.15) is 0 Å². The fraction of sp³-hybridized carbons (Fsp3) is 0.111. The zero-order valence-electron chi connectivity index (χ0n) is 15.4. The average molecular weight is 438 g/mol. The van der Waals surface area contributed by atoms with Gasteiger partial charge in [-0.05, 0) is 36.4 Å². The number of sulfonamides is 1. The Bertz CT molecular complexity index is 1160. The molecule has 0 aliphatic rings. The summed E-state index contributed by atoms with van der Waals surface area (Å²) in [6.45, 7) is 0. The van der Waals surface area contributed by atoms with Crippen LogP contribution < -0.4 is 15.6 Å². The molecule has 0 aliphatic carbocycles. The van der Waals surface area contributed by atoms with Crippen molar-refractivity contribution in [2.45, 2.75) is 4.90 Å². The molecule has 152 valence electrons. The van der Waals surface area contributed by atoms with Gasteiger partial charge in [-0.1, -0.05) is 11.6 Å². The number of hydrazine groups is 1. The lowest BCUT2D eigenvalue weighted by atomic mass is 10.1. The summed E-state index contributed by atoms with van der Waals surface area (Å²) in [5, 5.41) is 2.58. The van der Waals surface area contributed by atoms with Gasteiger partial charge in [-0.15, -0.1) is 4.83 Å². The zero-order chi connectivity index (χ0) is 21.2. The van der Waals surface area contributed by atoms with E-state index in [1.54, 1.807) is 43.3 Å². The van der Waals surface area contributed by atoms with Crippen molar-refractivity contribution in [3.63, 3.8) is 0 Å². The number of aryl methyl sites for hydroxylation is 1. The number of rotatable bonds is 6. The van der Waals surface area contributed by atoms with Gasteiger partial charge in [0.2, 0.25) is 0 Å². The van der Waals surface area contributed by atoms with Gasteiger partial charge in [0.1, 0.15) is 0 Å². The Balaban J connectivity index is 1.82. The maximum Gasteiger partial charge on any atom is 0.269 e. The number of hydrogen-bond acceptors (Lipinski definition) is 5. The van der Waals surface area contributed by atoms with Crippen LogP contribution in [0.25, 0.3) is 11.3 Å². The molecule has 11 heteroatoms. The summed E-state index contributed by atoms with van der Waals surface area (Å²) < 4.78 is 40.7. The van der Waals surface area contributed by atoms with E-state index in [0.29, 0.717) is 11.3 Å². The summed E-state index contributed by atoms with van der Waals surface area (Å²) in [5.74, 6) is -1.97. The van der Waals surface area contributed by atoms with Crippen LogP contribution in [-0.2, 0) is 17.1 Å². The number of carbonyl (C=O) groups excluding carboxylic acids is 1. The molecule has 1 amide bonds. The van der Waals surface area contributed by atoms with Gasteiger partial charge in [0.25, 0.3) is 15.9 Å². The lowest BCUT2D eigenvalue weighted by Crippen LogP contribution is -2.41. The first-order valence-electron chi connectivity index (χ1n) is 8.28.